The summed E-state index contributed by atoms with van der Waals surface area (Å²) in [7, 11) is 0. The predicted octanol–water partition coefficient (Wildman–Crippen LogP) is 2.61. The average molecular weight is 494 g/mol. The van der Waals surface area contributed by atoms with Crippen molar-refractivity contribution in [2.45, 2.75) is 25.8 Å². The van der Waals surface area contributed by atoms with Crippen LogP contribution in [0.3, 0.4) is 0 Å². The highest BCUT2D eigenvalue weighted by Gasteiger charge is 2.42. The zero-order chi connectivity index (χ0) is 25.1. The van der Waals surface area contributed by atoms with Crippen LogP contribution >= 0.6 is 0 Å². The Balaban J connectivity index is 1.32. The molecule has 2 unspecified atom stereocenters. The molecule has 0 aliphatic carbocycles. The first-order chi connectivity index (χ1) is 17.5. The van der Waals surface area contributed by atoms with Gasteiger partial charge >= 0.3 is 0 Å². The van der Waals surface area contributed by atoms with Crippen molar-refractivity contribution in [3.8, 4) is 0 Å². The number of ether oxygens (including phenoxy) is 1. The zero-order valence-electron chi connectivity index (χ0n) is 20.9. The van der Waals surface area contributed by atoms with Crippen LogP contribution < -0.4 is 15.1 Å². The molecule has 2 aromatic rings. The molecule has 0 bridgehead atoms. The first-order valence-corrected chi connectivity index (χ1v) is 12.9. The van der Waals surface area contributed by atoms with E-state index in [9.17, 15) is 14.9 Å². The first kappa shape index (κ1) is 24.5. The quantitative estimate of drug-likeness (QED) is 0.360. The van der Waals surface area contributed by atoms with E-state index in [1.54, 1.807) is 12.1 Å². The molecule has 5 rings (SSSR count). The third kappa shape index (κ3) is 5.32. The third-order valence-corrected chi connectivity index (χ3v) is 7.70. The molecule has 0 radical (unpaired) electrons. The SMILES string of the molecule is Cc1ccc(N2CCN3c4ccc([N+](=O)[O-])cc4CC(C(=O)NCCCN4CCOCC4)C3C2)cc1. The standard InChI is InChI=1S/C27H35N5O4/c1-20-3-5-22(6-4-20)30-11-12-31-25-8-7-23(32(34)35)17-21(25)18-24(26(31)19-30)27(33)28-9-2-10-29-13-15-36-16-14-29/h3-8,17,24,26H,2,9-16,18-19H2,1H3,(H,28,33). The second-order valence-corrected chi connectivity index (χ2v) is 10.0. The summed E-state index contributed by atoms with van der Waals surface area (Å²) in [5.41, 5.74) is 4.37. The molecule has 3 heterocycles. The van der Waals surface area contributed by atoms with Gasteiger partial charge in [-0.3, -0.25) is 19.8 Å². The van der Waals surface area contributed by atoms with Crippen LogP contribution in [0, 0.1) is 23.0 Å². The normalized spacial score (nSPS) is 22.0. The highest BCUT2D eigenvalue weighted by atomic mass is 16.6. The average Bonchev–Trinajstić information content (AvgIpc) is 2.91. The summed E-state index contributed by atoms with van der Waals surface area (Å²) in [4.78, 5) is 31.6. The van der Waals surface area contributed by atoms with Crippen LogP contribution in [0.15, 0.2) is 42.5 Å². The van der Waals surface area contributed by atoms with Crippen LogP contribution in [0.2, 0.25) is 0 Å². The van der Waals surface area contributed by atoms with Gasteiger partial charge in [-0.15, -0.1) is 0 Å². The maximum Gasteiger partial charge on any atom is 0.269 e. The van der Waals surface area contributed by atoms with Gasteiger partial charge in [0, 0.05) is 62.8 Å². The Morgan fingerprint density at radius 1 is 1.11 bits per heavy atom. The summed E-state index contributed by atoms with van der Waals surface area (Å²) in [6.07, 6.45) is 1.40. The topological polar surface area (TPSA) is 91.2 Å². The minimum Gasteiger partial charge on any atom is -0.379 e. The monoisotopic (exact) mass is 493 g/mol. The zero-order valence-corrected chi connectivity index (χ0v) is 20.9. The maximum absolute atomic E-state index is 13.5. The molecule has 2 aromatic carbocycles. The number of amides is 1. The van der Waals surface area contributed by atoms with Crippen molar-refractivity contribution in [2.24, 2.45) is 5.92 Å². The molecule has 3 aliphatic rings. The van der Waals surface area contributed by atoms with Gasteiger partial charge in [0.15, 0.2) is 0 Å². The Kier molecular flexibility index (Phi) is 7.38. The fourth-order valence-electron chi connectivity index (χ4n) is 5.68. The smallest absolute Gasteiger partial charge is 0.269 e. The molecule has 192 valence electrons. The second kappa shape index (κ2) is 10.8. The van der Waals surface area contributed by atoms with E-state index in [2.05, 4.69) is 51.2 Å². The Morgan fingerprint density at radius 2 is 1.89 bits per heavy atom. The Hall–Kier alpha value is -3.17. The van der Waals surface area contributed by atoms with Crippen LogP contribution in [0.5, 0.6) is 0 Å². The molecule has 0 spiro atoms. The number of nitrogens with zero attached hydrogens (tertiary/aromatic N) is 4. The lowest BCUT2D eigenvalue weighted by molar-refractivity contribution is -0.384. The number of anilines is 2. The molecule has 3 aliphatic heterocycles. The van der Waals surface area contributed by atoms with Gasteiger partial charge < -0.3 is 19.9 Å². The number of aryl methyl sites for hydroxylation is 1. The van der Waals surface area contributed by atoms with E-state index < -0.39 is 0 Å². The predicted molar refractivity (Wildman–Crippen MR) is 140 cm³/mol. The fraction of sp³-hybridized carbons (Fsp3) is 0.519. The van der Waals surface area contributed by atoms with Crippen molar-refractivity contribution in [3.05, 3.63) is 63.7 Å². The number of nitrogens with one attached hydrogen (secondary N) is 1. The molecule has 2 atom stereocenters. The highest BCUT2D eigenvalue weighted by molar-refractivity contribution is 5.82. The Labute approximate surface area is 212 Å². The number of piperazine rings is 1. The molecule has 1 amide bonds. The lowest BCUT2D eigenvalue weighted by Gasteiger charge is -2.49. The van der Waals surface area contributed by atoms with Crippen LogP contribution in [-0.4, -0.2) is 80.8 Å². The highest BCUT2D eigenvalue weighted by Crippen LogP contribution is 2.38. The summed E-state index contributed by atoms with van der Waals surface area (Å²) < 4.78 is 5.41. The molecule has 9 nitrogen and oxygen atoms in total. The van der Waals surface area contributed by atoms with Gasteiger partial charge in [-0.2, -0.15) is 0 Å². The summed E-state index contributed by atoms with van der Waals surface area (Å²) in [6.45, 7) is 9.43. The molecule has 9 heteroatoms. The van der Waals surface area contributed by atoms with E-state index in [1.165, 1.54) is 11.3 Å². The van der Waals surface area contributed by atoms with Gasteiger partial charge in [-0.1, -0.05) is 17.7 Å². The van der Waals surface area contributed by atoms with Crippen molar-refractivity contribution in [1.29, 1.82) is 0 Å². The maximum atomic E-state index is 13.5. The first-order valence-electron chi connectivity index (χ1n) is 12.9. The number of hydrogen-bond acceptors (Lipinski definition) is 7. The number of fused-ring (bicyclic) bond motifs is 3. The van der Waals surface area contributed by atoms with Crippen molar-refractivity contribution >= 4 is 23.0 Å². The van der Waals surface area contributed by atoms with Gasteiger partial charge in [0.25, 0.3) is 5.69 Å². The number of carbonyl (C=O) groups excluding carboxylic acids is 1. The van der Waals surface area contributed by atoms with Crippen LogP contribution in [-0.2, 0) is 16.0 Å². The van der Waals surface area contributed by atoms with Crippen LogP contribution in [0.4, 0.5) is 17.1 Å². The number of hydrogen-bond donors (Lipinski definition) is 1. The molecular formula is C27H35N5O4. The van der Waals surface area contributed by atoms with Gasteiger partial charge in [0.2, 0.25) is 5.91 Å². The van der Waals surface area contributed by atoms with E-state index in [1.807, 2.05) is 6.07 Å². The molecule has 36 heavy (non-hydrogen) atoms. The summed E-state index contributed by atoms with van der Waals surface area (Å²) in [6, 6.07) is 13.6. The van der Waals surface area contributed by atoms with E-state index >= 15 is 0 Å². The van der Waals surface area contributed by atoms with Crippen LogP contribution in [0.1, 0.15) is 17.5 Å². The van der Waals surface area contributed by atoms with Crippen LogP contribution in [0.25, 0.3) is 0 Å². The number of nitro benzene ring substituents is 1. The number of morpholine rings is 1. The minimum atomic E-state index is -0.359. The number of non-ortho nitro benzene ring substituents is 1. The Bertz CT molecular complexity index is 1090. The summed E-state index contributed by atoms with van der Waals surface area (Å²) >= 11 is 0. The molecule has 0 aromatic heterocycles. The number of rotatable bonds is 7. The van der Waals surface area contributed by atoms with Gasteiger partial charge in [0.1, 0.15) is 0 Å². The van der Waals surface area contributed by atoms with E-state index in [4.69, 9.17) is 4.74 Å². The van der Waals surface area contributed by atoms with Crippen molar-refractivity contribution < 1.29 is 14.5 Å². The van der Waals surface area contributed by atoms with E-state index in [0.717, 1.165) is 70.2 Å². The van der Waals surface area contributed by atoms with E-state index in [0.29, 0.717) is 13.0 Å². The fourth-order valence-corrected chi connectivity index (χ4v) is 5.68. The number of nitro groups is 1. The molecule has 2 saturated heterocycles. The lowest BCUT2D eigenvalue weighted by Crippen LogP contribution is -2.61. The third-order valence-electron chi connectivity index (χ3n) is 7.70. The molecular weight excluding hydrogens is 458 g/mol. The number of carbonyl (C=O) groups is 1. The molecule has 2 fully saturated rings. The van der Waals surface area contributed by atoms with Gasteiger partial charge in [-0.05, 0) is 50.1 Å². The van der Waals surface area contributed by atoms with Crippen molar-refractivity contribution in [3.63, 3.8) is 0 Å². The van der Waals surface area contributed by atoms with Crippen molar-refractivity contribution in [2.75, 3.05) is 68.8 Å². The van der Waals surface area contributed by atoms with Gasteiger partial charge in [-0.25, -0.2) is 0 Å². The summed E-state index contributed by atoms with van der Waals surface area (Å²) in [5.74, 6) is -0.231. The van der Waals surface area contributed by atoms with Crippen molar-refractivity contribution in [1.82, 2.24) is 10.2 Å². The molecule has 1 N–H and O–H groups in total. The van der Waals surface area contributed by atoms with Gasteiger partial charge in [0.05, 0.1) is 30.1 Å². The summed E-state index contributed by atoms with van der Waals surface area (Å²) in [5, 5.41) is 14.6. The second-order valence-electron chi connectivity index (χ2n) is 10.0. The number of benzene rings is 2. The Morgan fingerprint density at radius 3 is 2.64 bits per heavy atom. The largest absolute Gasteiger partial charge is 0.379 e. The lowest BCUT2D eigenvalue weighted by atomic mass is 9.83. The minimum absolute atomic E-state index is 0.00764. The molecule has 0 saturated carbocycles. The van der Waals surface area contributed by atoms with E-state index in [-0.39, 0.29) is 28.5 Å².